The van der Waals surface area contributed by atoms with Crippen LogP contribution < -0.4 is 10.2 Å². The number of hydrogen-bond acceptors (Lipinski definition) is 5. The van der Waals surface area contributed by atoms with Gasteiger partial charge in [0.15, 0.2) is 5.65 Å². The Morgan fingerprint density at radius 2 is 1.84 bits per heavy atom. The number of ketones is 1. The second-order valence-corrected chi connectivity index (χ2v) is 8.11. The Hall–Kier alpha value is -3.71. The lowest BCUT2D eigenvalue weighted by Gasteiger charge is -2.30. The Balaban J connectivity index is 1.40. The highest BCUT2D eigenvalue weighted by Gasteiger charge is 2.20. The normalized spacial score (nSPS) is 14.0. The molecule has 5 rings (SSSR count). The maximum Gasteiger partial charge on any atom is 0.258 e. The fourth-order valence-corrected chi connectivity index (χ4v) is 4.09. The maximum atomic E-state index is 13.0. The van der Waals surface area contributed by atoms with Gasteiger partial charge in [-0.2, -0.15) is 5.10 Å². The van der Waals surface area contributed by atoms with Crippen LogP contribution in [0.2, 0.25) is 5.02 Å². The van der Waals surface area contributed by atoms with E-state index in [2.05, 4.69) is 20.3 Å². The summed E-state index contributed by atoms with van der Waals surface area (Å²) in [5, 5.41) is 7.98. The second kappa shape index (κ2) is 8.43. The summed E-state index contributed by atoms with van der Waals surface area (Å²) in [7, 11) is 0. The molecular weight excluding hydrogens is 426 g/mol. The molecule has 8 heteroatoms. The van der Waals surface area contributed by atoms with Gasteiger partial charge in [-0.25, -0.2) is 9.50 Å². The highest BCUT2D eigenvalue weighted by atomic mass is 35.5. The monoisotopic (exact) mass is 445 g/mol. The smallest absolute Gasteiger partial charge is 0.258 e. The molecule has 4 aromatic rings. The summed E-state index contributed by atoms with van der Waals surface area (Å²) in [5.41, 5.74) is 4.39. The lowest BCUT2D eigenvalue weighted by Crippen LogP contribution is -2.34. The highest BCUT2D eigenvalue weighted by Crippen LogP contribution is 2.29. The number of carbonyl (C=O) groups excluding carboxylic acids is 2. The molecule has 7 nitrogen and oxygen atoms in total. The van der Waals surface area contributed by atoms with E-state index in [9.17, 15) is 9.59 Å². The first-order valence-corrected chi connectivity index (χ1v) is 10.7. The van der Waals surface area contributed by atoms with E-state index < -0.39 is 0 Å². The van der Waals surface area contributed by atoms with Crippen molar-refractivity contribution in [2.24, 2.45) is 0 Å². The van der Waals surface area contributed by atoms with Crippen molar-refractivity contribution in [1.29, 1.82) is 0 Å². The van der Waals surface area contributed by atoms with E-state index >= 15 is 0 Å². The molecule has 0 radical (unpaired) electrons. The quantitative estimate of drug-likeness (QED) is 0.501. The molecule has 1 saturated heterocycles. The number of rotatable bonds is 4. The van der Waals surface area contributed by atoms with E-state index in [-0.39, 0.29) is 11.7 Å². The number of nitrogens with one attached hydrogen (secondary N) is 1. The van der Waals surface area contributed by atoms with Gasteiger partial charge >= 0.3 is 0 Å². The molecule has 0 spiro atoms. The Kier molecular flexibility index (Phi) is 5.33. The lowest BCUT2D eigenvalue weighted by molar-refractivity contribution is -0.119. The summed E-state index contributed by atoms with van der Waals surface area (Å²) in [5.74, 6) is -0.00162. The average Bonchev–Trinajstić information content (AvgIpc) is 3.23. The Morgan fingerprint density at radius 3 is 2.66 bits per heavy atom. The molecule has 1 aliphatic rings. The Bertz CT molecular complexity index is 1320. The van der Waals surface area contributed by atoms with Crippen molar-refractivity contribution in [3.8, 4) is 11.1 Å². The molecule has 0 saturated carbocycles. The molecule has 2 aromatic carbocycles. The van der Waals surface area contributed by atoms with Gasteiger partial charge in [0, 0.05) is 48.9 Å². The van der Waals surface area contributed by atoms with Crippen LogP contribution in [0.4, 0.5) is 11.4 Å². The number of nitrogens with zero attached hydrogens (tertiary/aromatic N) is 4. The van der Waals surface area contributed by atoms with Gasteiger partial charge in [0.05, 0.1) is 23.1 Å². The van der Waals surface area contributed by atoms with Crippen LogP contribution in [0.5, 0.6) is 0 Å². The molecule has 0 atom stereocenters. The third kappa shape index (κ3) is 3.94. The molecule has 1 N–H and O–H groups in total. The third-order valence-corrected chi connectivity index (χ3v) is 5.80. The molecule has 1 fully saturated rings. The Labute approximate surface area is 189 Å². The van der Waals surface area contributed by atoms with Crippen LogP contribution in [0, 0.1) is 0 Å². The summed E-state index contributed by atoms with van der Waals surface area (Å²) in [4.78, 5) is 31.2. The van der Waals surface area contributed by atoms with E-state index in [0.717, 1.165) is 16.8 Å². The Morgan fingerprint density at radius 1 is 1.03 bits per heavy atom. The van der Waals surface area contributed by atoms with Crippen LogP contribution in [-0.4, -0.2) is 39.4 Å². The standard InChI is InChI=1S/C24H20ClN5O2/c25-18-5-3-4-16(12-18)20-14-27-30-15-17(13-26-23(20)30)24(32)28-21-6-1-2-7-22(21)29-10-8-19(31)9-11-29/h1-7,12-15H,8-11H2,(H,28,32). The lowest BCUT2D eigenvalue weighted by atomic mass is 10.1. The average molecular weight is 446 g/mol. The van der Waals surface area contributed by atoms with Gasteiger partial charge in [-0.1, -0.05) is 35.9 Å². The minimum Gasteiger partial charge on any atom is -0.369 e. The molecule has 0 bridgehead atoms. The molecule has 160 valence electrons. The highest BCUT2D eigenvalue weighted by molar-refractivity contribution is 6.30. The predicted octanol–water partition coefficient (Wildman–Crippen LogP) is 4.47. The number of para-hydroxylation sites is 2. The van der Waals surface area contributed by atoms with Crippen LogP contribution in [0.1, 0.15) is 23.2 Å². The molecule has 1 aliphatic heterocycles. The van der Waals surface area contributed by atoms with Crippen molar-refractivity contribution in [3.05, 3.63) is 77.7 Å². The van der Waals surface area contributed by atoms with E-state index in [1.165, 1.54) is 0 Å². The molecular formula is C24H20ClN5O2. The summed E-state index contributed by atoms with van der Waals surface area (Å²) in [6.45, 7) is 1.30. The minimum atomic E-state index is -0.278. The van der Waals surface area contributed by atoms with Gasteiger partial charge in [-0.05, 0) is 29.8 Å². The first kappa shape index (κ1) is 20.2. The van der Waals surface area contributed by atoms with Crippen LogP contribution >= 0.6 is 11.6 Å². The summed E-state index contributed by atoms with van der Waals surface area (Å²) in [6.07, 6.45) is 5.97. The van der Waals surface area contributed by atoms with Gasteiger partial charge in [0.1, 0.15) is 5.78 Å². The number of amides is 1. The van der Waals surface area contributed by atoms with Crippen molar-refractivity contribution in [2.45, 2.75) is 12.8 Å². The number of aromatic nitrogens is 3. The zero-order valence-electron chi connectivity index (χ0n) is 17.2. The van der Waals surface area contributed by atoms with Gasteiger partial charge in [-0.15, -0.1) is 0 Å². The molecule has 0 aliphatic carbocycles. The number of fused-ring (bicyclic) bond motifs is 1. The molecule has 2 aromatic heterocycles. The fraction of sp³-hybridized carbons (Fsp3) is 0.167. The number of hydrogen-bond donors (Lipinski definition) is 1. The molecule has 3 heterocycles. The zero-order valence-corrected chi connectivity index (χ0v) is 17.9. The van der Waals surface area contributed by atoms with Gasteiger partial charge in [-0.3, -0.25) is 9.59 Å². The second-order valence-electron chi connectivity index (χ2n) is 7.68. The number of carbonyl (C=O) groups is 2. The van der Waals surface area contributed by atoms with E-state index in [0.29, 0.717) is 47.9 Å². The van der Waals surface area contributed by atoms with Crippen molar-refractivity contribution >= 4 is 40.3 Å². The zero-order chi connectivity index (χ0) is 22.1. The van der Waals surface area contributed by atoms with Crippen LogP contribution in [-0.2, 0) is 4.79 Å². The van der Waals surface area contributed by atoms with E-state index in [1.54, 1.807) is 23.1 Å². The maximum absolute atomic E-state index is 13.0. The first-order chi connectivity index (χ1) is 15.6. The van der Waals surface area contributed by atoms with Crippen molar-refractivity contribution in [3.63, 3.8) is 0 Å². The number of piperidine rings is 1. The summed E-state index contributed by atoms with van der Waals surface area (Å²) < 4.78 is 1.59. The van der Waals surface area contributed by atoms with E-state index in [4.69, 9.17) is 11.6 Å². The van der Waals surface area contributed by atoms with Crippen LogP contribution in [0.25, 0.3) is 16.8 Å². The van der Waals surface area contributed by atoms with Crippen molar-refractivity contribution in [2.75, 3.05) is 23.3 Å². The number of anilines is 2. The third-order valence-electron chi connectivity index (χ3n) is 5.57. The van der Waals surface area contributed by atoms with E-state index in [1.807, 2.05) is 48.5 Å². The van der Waals surface area contributed by atoms with Crippen molar-refractivity contribution < 1.29 is 9.59 Å². The molecule has 32 heavy (non-hydrogen) atoms. The predicted molar refractivity (Wildman–Crippen MR) is 124 cm³/mol. The summed E-state index contributed by atoms with van der Waals surface area (Å²) in [6, 6.07) is 15.1. The fourth-order valence-electron chi connectivity index (χ4n) is 3.90. The first-order valence-electron chi connectivity index (χ1n) is 10.3. The molecule has 1 amide bonds. The summed E-state index contributed by atoms with van der Waals surface area (Å²) >= 11 is 6.11. The van der Waals surface area contributed by atoms with Crippen LogP contribution in [0.3, 0.4) is 0 Å². The number of Topliss-reactive ketones (excluding diaryl/α,β-unsaturated/α-hetero) is 1. The largest absolute Gasteiger partial charge is 0.369 e. The topological polar surface area (TPSA) is 79.6 Å². The van der Waals surface area contributed by atoms with Crippen molar-refractivity contribution in [1.82, 2.24) is 14.6 Å². The van der Waals surface area contributed by atoms with Gasteiger partial charge in [0.2, 0.25) is 0 Å². The molecule has 0 unspecified atom stereocenters. The SMILES string of the molecule is O=C1CCN(c2ccccc2NC(=O)c2cnc3c(-c4cccc(Cl)c4)cnn3c2)CC1. The van der Waals surface area contributed by atoms with Gasteiger partial charge in [0.25, 0.3) is 5.91 Å². The van der Waals surface area contributed by atoms with Gasteiger partial charge < -0.3 is 10.2 Å². The number of halogens is 1. The van der Waals surface area contributed by atoms with Crippen LogP contribution in [0.15, 0.2) is 67.1 Å². The minimum absolute atomic E-state index is 0.276. The number of benzene rings is 2.